The smallest absolute Gasteiger partial charge is 0.0950 e. The molecule has 0 saturated heterocycles. The Bertz CT molecular complexity index is 247. The van der Waals surface area contributed by atoms with Crippen LogP contribution in [-0.2, 0) is 17.7 Å². The normalized spacial score (nSPS) is 10.7. The molecule has 0 atom stereocenters. The molecule has 0 aromatic carbocycles. The van der Waals surface area contributed by atoms with Gasteiger partial charge in [-0.2, -0.15) is 0 Å². The van der Waals surface area contributed by atoms with Gasteiger partial charge in [0.15, 0.2) is 0 Å². The number of imidazole rings is 1. The Morgan fingerprint density at radius 2 is 2.43 bits per heavy atom. The van der Waals surface area contributed by atoms with Gasteiger partial charge in [0.25, 0.3) is 0 Å². The van der Waals surface area contributed by atoms with E-state index in [-0.39, 0.29) is 0 Å². The molecule has 0 aliphatic carbocycles. The molecule has 14 heavy (non-hydrogen) atoms. The van der Waals surface area contributed by atoms with Gasteiger partial charge in [-0.15, -0.1) is 0 Å². The quantitative estimate of drug-likeness (QED) is 0.653. The number of methoxy groups -OCH3 is 1. The molecule has 4 heteroatoms. The lowest BCUT2D eigenvalue weighted by atomic mass is 10.3. The summed E-state index contributed by atoms with van der Waals surface area (Å²) in [5.41, 5.74) is 1.14. The van der Waals surface area contributed by atoms with Crippen molar-refractivity contribution >= 4 is 0 Å². The molecule has 0 bridgehead atoms. The van der Waals surface area contributed by atoms with Crippen LogP contribution >= 0.6 is 0 Å². The third-order valence-electron chi connectivity index (χ3n) is 2.05. The molecule has 0 radical (unpaired) electrons. The molecule has 1 rings (SSSR count). The average molecular weight is 197 g/mol. The van der Waals surface area contributed by atoms with Crippen molar-refractivity contribution in [2.45, 2.75) is 19.9 Å². The molecule has 0 amide bonds. The number of rotatable bonds is 7. The Morgan fingerprint density at radius 1 is 1.57 bits per heavy atom. The van der Waals surface area contributed by atoms with E-state index >= 15 is 0 Å². The maximum absolute atomic E-state index is 4.99. The summed E-state index contributed by atoms with van der Waals surface area (Å²) >= 11 is 0. The third-order valence-corrected chi connectivity index (χ3v) is 2.05. The summed E-state index contributed by atoms with van der Waals surface area (Å²) in [7, 11) is 1.71. The number of nitrogens with zero attached hydrogens (tertiary/aromatic N) is 2. The second-order valence-electron chi connectivity index (χ2n) is 3.20. The van der Waals surface area contributed by atoms with Crippen LogP contribution in [0.5, 0.6) is 0 Å². The summed E-state index contributed by atoms with van der Waals surface area (Å²) in [6.45, 7) is 5.74. The predicted octanol–water partition coefficient (Wildman–Crippen LogP) is 0.681. The third kappa shape index (κ3) is 3.89. The van der Waals surface area contributed by atoms with Crippen LogP contribution in [0.1, 0.15) is 12.6 Å². The van der Waals surface area contributed by atoms with E-state index in [0.717, 1.165) is 38.4 Å². The summed E-state index contributed by atoms with van der Waals surface area (Å²) in [5, 5.41) is 3.28. The van der Waals surface area contributed by atoms with E-state index in [2.05, 4.69) is 28.0 Å². The lowest BCUT2D eigenvalue weighted by Gasteiger charge is -1.99. The fourth-order valence-electron chi connectivity index (χ4n) is 1.25. The van der Waals surface area contributed by atoms with Gasteiger partial charge < -0.3 is 14.6 Å². The standard InChI is InChI=1S/C10H19N3O/c1-3-11-5-4-10-8-13(9-12-10)6-7-14-2/h8-9,11H,3-7H2,1-2H3. The Labute approximate surface area is 85.3 Å². The van der Waals surface area contributed by atoms with Crippen molar-refractivity contribution in [2.75, 3.05) is 26.8 Å². The molecular weight excluding hydrogens is 178 g/mol. The molecule has 1 aromatic rings. The van der Waals surface area contributed by atoms with Gasteiger partial charge in [-0.1, -0.05) is 6.92 Å². The molecule has 1 N–H and O–H groups in total. The Kier molecular flexibility index (Phi) is 5.25. The summed E-state index contributed by atoms with van der Waals surface area (Å²) in [5.74, 6) is 0. The van der Waals surface area contributed by atoms with Crippen LogP contribution in [0.25, 0.3) is 0 Å². The van der Waals surface area contributed by atoms with Gasteiger partial charge in [-0.3, -0.25) is 0 Å². The Hall–Kier alpha value is -0.870. The van der Waals surface area contributed by atoms with E-state index < -0.39 is 0 Å². The molecule has 0 unspecified atom stereocenters. The first kappa shape index (κ1) is 11.2. The Morgan fingerprint density at radius 3 is 3.14 bits per heavy atom. The minimum absolute atomic E-state index is 0.739. The molecule has 0 spiro atoms. The highest BCUT2D eigenvalue weighted by molar-refractivity contribution is 4.97. The van der Waals surface area contributed by atoms with E-state index in [4.69, 9.17) is 4.74 Å². The van der Waals surface area contributed by atoms with E-state index in [1.807, 2.05) is 6.33 Å². The summed E-state index contributed by atoms with van der Waals surface area (Å²) in [6.07, 6.45) is 4.94. The van der Waals surface area contributed by atoms with Crippen LogP contribution in [0.4, 0.5) is 0 Å². The van der Waals surface area contributed by atoms with Crippen molar-refractivity contribution in [1.29, 1.82) is 0 Å². The van der Waals surface area contributed by atoms with E-state index in [1.165, 1.54) is 0 Å². The van der Waals surface area contributed by atoms with Gasteiger partial charge in [0.2, 0.25) is 0 Å². The van der Waals surface area contributed by atoms with Crippen molar-refractivity contribution in [3.63, 3.8) is 0 Å². The minimum atomic E-state index is 0.739. The van der Waals surface area contributed by atoms with Crippen LogP contribution in [-0.4, -0.2) is 36.4 Å². The largest absolute Gasteiger partial charge is 0.383 e. The van der Waals surface area contributed by atoms with Crippen molar-refractivity contribution in [3.05, 3.63) is 18.2 Å². The topological polar surface area (TPSA) is 39.1 Å². The fourth-order valence-corrected chi connectivity index (χ4v) is 1.25. The van der Waals surface area contributed by atoms with Gasteiger partial charge >= 0.3 is 0 Å². The molecular formula is C10H19N3O. The number of ether oxygens (including phenoxy) is 1. The highest BCUT2D eigenvalue weighted by atomic mass is 16.5. The highest BCUT2D eigenvalue weighted by Gasteiger charge is 1.97. The second-order valence-corrected chi connectivity index (χ2v) is 3.20. The minimum Gasteiger partial charge on any atom is -0.383 e. The van der Waals surface area contributed by atoms with Gasteiger partial charge in [0, 0.05) is 32.8 Å². The zero-order chi connectivity index (χ0) is 10.2. The van der Waals surface area contributed by atoms with E-state index in [0.29, 0.717) is 0 Å². The zero-order valence-electron chi connectivity index (χ0n) is 8.99. The summed E-state index contributed by atoms with van der Waals surface area (Å²) in [4.78, 5) is 4.31. The second kappa shape index (κ2) is 6.56. The zero-order valence-corrected chi connectivity index (χ0v) is 8.99. The van der Waals surface area contributed by atoms with Gasteiger partial charge in [0.1, 0.15) is 0 Å². The van der Waals surface area contributed by atoms with Crippen LogP contribution in [0.2, 0.25) is 0 Å². The van der Waals surface area contributed by atoms with Crippen LogP contribution < -0.4 is 5.32 Å². The fraction of sp³-hybridized carbons (Fsp3) is 0.700. The first-order chi connectivity index (χ1) is 6.86. The lowest BCUT2D eigenvalue weighted by molar-refractivity contribution is 0.187. The highest BCUT2D eigenvalue weighted by Crippen LogP contribution is 1.96. The molecule has 0 aliphatic rings. The maximum atomic E-state index is 4.99. The number of hydrogen-bond donors (Lipinski definition) is 1. The maximum Gasteiger partial charge on any atom is 0.0950 e. The molecule has 0 aliphatic heterocycles. The number of aromatic nitrogens is 2. The van der Waals surface area contributed by atoms with E-state index in [9.17, 15) is 0 Å². The van der Waals surface area contributed by atoms with Crippen LogP contribution in [0.3, 0.4) is 0 Å². The van der Waals surface area contributed by atoms with Crippen molar-refractivity contribution < 1.29 is 4.74 Å². The first-order valence-electron chi connectivity index (χ1n) is 5.07. The Balaban J connectivity index is 2.27. The van der Waals surface area contributed by atoms with Crippen molar-refractivity contribution in [2.24, 2.45) is 0 Å². The monoisotopic (exact) mass is 197 g/mol. The summed E-state index contributed by atoms with van der Waals surface area (Å²) in [6, 6.07) is 0. The first-order valence-corrected chi connectivity index (χ1v) is 5.07. The average Bonchev–Trinajstić information content (AvgIpc) is 2.63. The van der Waals surface area contributed by atoms with Gasteiger partial charge in [0.05, 0.1) is 18.6 Å². The molecule has 0 fully saturated rings. The van der Waals surface area contributed by atoms with Crippen molar-refractivity contribution in [1.82, 2.24) is 14.9 Å². The SMILES string of the molecule is CCNCCc1cn(CCOC)cn1. The molecule has 80 valence electrons. The van der Waals surface area contributed by atoms with Crippen molar-refractivity contribution in [3.8, 4) is 0 Å². The number of likely N-dealkylation sites (N-methyl/N-ethyl adjacent to an activating group) is 1. The summed E-state index contributed by atoms with van der Waals surface area (Å²) < 4.78 is 7.05. The number of hydrogen-bond acceptors (Lipinski definition) is 3. The predicted molar refractivity (Wildman–Crippen MR) is 56.4 cm³/mol. The van der Waals surface area contributed by atoms with Crippen LogP contribution in [0.15, 0.2) is 12.5 Å². The van der Waals surface area contributed by atoms with Crippen LogP contribution in [0, 0.1) is 0 Å². The molecule has 1 heterocycles. The number of nitrogens with one attached hydrogen (secondary N) is 1. The molecule has 4 nitrogen and oxygen atoms in total. The van der Waals surface area contributed by atoms with Gasteiger partial charge in [-0.25, -0.2) is 4.98 Å². The lowest BCUT2D eigenvalue weighted by Crippen LogP contribution is -2.16. The van der Waals surface area contributed by atoms with E-state index in [1.54, 1.807) is 7.11 Å². The molecule has 1 aromatic heterocycles. The molecule has 0 saturated carbocycles. The van der Waals surface area contributed by atoms with Gasteiger partial charge in [-0.05, 0) is 6.54 Å².